The number of carbonyl (C=O) groups is 1. The van der Waals surface area contributed by atoms with Crippen LogP contribution < -0.4 is 10.3 Å². The number of hydrogen-bond acceptors (Lipinski definition) is 2. The highest BCUT2D eigenvalue weighted by Crippen LogP contribution is 1.85. The maximum atomic E-state index is 10.4. The third kappa shape index (κ3) is 1.81. The van der Waals surface area contributed by atoms with Crippen molar-refractivity contribution in [1.82, 2.24) is 4.98 Å². The first-order chi connectivity index (χ1) is 4.79. The summed E-state index contributed by atoms with van der Waals surface area (Å²) in [5.41, 5.74) is 0. The number of aromatic amines is 1. The summed E-state index contributed by atoms with van der Waals surface area (Å²) in [6.45, 7) is 1.43. The second-order valence-corrected chi connectivity index (χ2v) is 1.81. The summed E-state index contributed by atoms with van der Waals surface area (Å²) in [4.78, 5) is 17.0. The van der Waals surface area contributed by atoms with Crippen LogP contribution in [0.15, 0.2) is 18.5 Å². The molecule has 0 unspecified atom stereocenters. The minimum Gasteiger partial charge on any atom is -0.257 e. The Kier molecular flexibility index (Phi) is 1.94. The Labute approximate surface area is 58.3 Å². The molecule has 1 heterocycles. The fourth-order valence-electron chi connectivity index (χ4n) is 0.560. The largest absolute Gasteiger partial charge is 0.396 e. The summed E-state index contributed by atoms with van der Waals surface area (Å²) in [5, 5.41) is 2.50. The first-order valence-corrected chi connectivity index (χ1v) is 2.89. The Hall–Kier alpha value is -1.45. The van der Waals surface area contributed by atoms with Crippen molar-refractivity contribution in [1.29, 1.82) is 0 Å². The monoisotopic (exact) mass is 138 g/mol. The van der Waals surface area contributed by atoms with Gasteiger partial charge < -0.3 is 0 Å². The molecule has 1 aromatic rings. The third-order valence-electron chi connectivity index (χ3n) is 0.900. The van der Waals surface area contributed by atoms with Gasteiger partial charge in [0.15, 0.2) is 0 Å². The standard InChI is InChI=1S/C6H7N3O/c1-5(10)9-6-7-3-2-4-8-6/h2-4H,1H3,(H,7,8,9,10)/p+1. The molecule has 4 heteroatoms. The minimum absolute atomic E-state index is 0.130. The molecule has 1 amide bonds. The lowest BCUT2D eigenvalue weighted by Gasteiger charge is -1.87. The lowest BCUT2D eigenvalue weighted by molar-refractivity contribution is -0.364. The Morgan fingerprint density at radius 3 is 3.10 bits per heavy atom. The normalized spacial score (nSPS) is 8.90. The van der Waals surface area contributed by atoms with Gasteiger partial charge in [-0.25, -0.2) is 10.3 Å². The van der Waals surface area contributed by atoms with Crippen LogP contribution in [0.25, 0.3) is 0 Å². The molecule has 0 radical (unpaired) electrons. The lowest BCUT2D eigenvalue weighted by atomic mass is 10.6. The van der Waals surface area contributed by atoms with E-state index < -0.39 is 0 Å². The molecule has 0 aliphatic carbocycles. The van der Waals surface area contributed by atoms with Crippen LogP contribution in [0.1, 0.15) is 6.92 Å². The van der Waals surface area contributed by atoms with Gasteiger partial charge in [0.2, 0.25) is 0 Å². The number of nitrogens with one attached hydrogen (secondary N) is 2. The molecule has 0 fully saturated rings. The maximum Gasteiger partial charge on any atom is 0.396 e. The molecule has 0 aliphatic heterocycles. The molecular formula is C6H8N3O+. The smallest absolute Gasteiger partial charge is 0.257 e. The average Bonchev–Trinajstić information content (AvgIpc) is 1.88. The van der Waals surface area contributed by atoms with Crippen molar-refractivity contribution in [2.45, 2.75) is 6.92 Å². The molecular weight excluding hydrogens is 130 g/mol. The van der Waals surface area contributed by atoms with E-state index >= 15 is 0 Å². The van der Waals surface area contributed by atoms with Crippen LogP contribution in [0, 0.1) is 0 Å². The highest BCUT2D eigenvalue weighted by Gasteiger charge is 2.02. The van der Waals surface area contributed by atoms with E-state index in [4.69, 9.17) is 0 Å². The summed E-state index contributed by atoms with van der Waals surface area (Å²) < 4.78 is 0. The van der Waals surface area contributed by atoms with E-state index in [-0.39, 0.29) is 5.91 Å². The van der Waals surface area contributed by atoms with Gasteiger partial charge in [-0.3, -0.25) is 4.79 Å². The van der Waals surface area contributed by atoms with Gasteiger partial charge in [0.1, 0.15) is 6.20 Å². The van der Waals surface area contributed by atoms with Crippen LogP contribution in [0.2, 0.25) is 0 Å². The fraction of sp³-hybridized carbons (Fsp3) is 0.167. The molecule has 1 aromatic heterocycles. The van der Waals surface area contributed by atoms with Crippen molar-refractivity contribution < 1.29 is 9.78 Å². The van der Waals surface area contributed by atoms with Crippen LogP contribution in [0.4, 0.5) is 5.95 Å². The molecule has 2 N–H and O–H groups in total. The van der Waals surface area contributed by atoms with Gasteiger partial charge in [-0.15, -0.1) is 0 Å². The molecule has 52 valence electrons. The molecule has 4 nitrogen and oxygen atoms in total. The highest BCUT2D eigenvalue weighted by atomic mass is 16.1. The molecule has 0 saturated carbocycles. The zero-order valence-electron chi connectivity index (χ0n) is 5.59. The Morgan fingerprint density at radius 2 is 2.60 bits per heavy atom. The number of anilines is 1. The van der Waals surface area contributed by atoms with Gasteiger partial charge in [0.25, 0.3) is 5.91 Å². The number of hydrogen-bond donors (Lipinski definition) is 1. The van der Waals surface area contributed by atoms with Crippen LogP contribution in [0.5, 0.6) is 0 Å². The summed E-state index contributed by atoms with van der Waals surface area (Å²) >= 11 is 0. The second kappa shape index (κ2) is 2.91. The van der Waals surface area contributed by atoms with E-state index in [1.807, 2.05) is 0 Å². The average molecular weight is 138 g/mol. The van der Waals surface area contributed by atoms with Crippen molar-refractivity contribution in [2.24, 2.45) is 0 Å². The van der Waals surface area contributed by atoms with Gasteiger partial charge >= 0.3 is 5.95 Å². The van der Waals surface area contributed by atoms with Gasteiger partial charge in [-0.05, 0) is 0 Å². The molecule has 0 aliphatic rings. The van der Waals surface area contributed by atoms with Crippen molar-refractivity contribution in [2.75, 3.05) is 5.32 Å². The number of nitrogens with zero attached hydrogens (tertiary/aromatic N) is 1. The zero-order valence-corrected chi connectivity index (χ0v) is 5.59. The molecule has 10 heavy (non-hydrogen) atoms. The predicted octanol–water partition coefficient (Wildman–Crippen LogP) is -0.146. The maximum absolute atomic E-state index is 10.4. The van der Waals surface area contributed by atoms with Crippen LogP contribution in [-0.4, -0.2) is 10.9 Å². The molecule has 1 rings (SSSR count). The topological polar surface area (TPSA) is 56.1 Å². The molecule has 0 bridgehead atoms. The Bertz CT molecular complexity index is 222. The highest BCUT2D eigenvalue weighted by molar-refractivity contribution is 5.85. The summed E-state index contributed by atoms with van der Waals surface area (Å²) in [6.07, 6.45) is 3.29. The first-order valence-electron chi connectivity index (χ1n) is 2.89. The van der Waals surface area contributed by atoms with Crippen molar-refractivity contribution in [3.05, 3.63) is 18.5 Å². The number of H-pyrrole nitrogens is 1. The number of amides is 1. The van der Waals surface area contributed by atoms with E-state index in [9.17, 15) is 4.79 Å². The summed E-state index contributed by atoms with van der Waals surface area (Å²) in [6, 6.07) is 1.74. The van der Waals surface area contributed by atoms with Crippen molar-refractivity contribution in [3.8, 4) is 0 Å². The van der Waals surface area contributed by atoms with Crippen LogP contribution in [0.3, 0.4) is 0 Å². The van der Waals surface area contributed by atoms with Crippen molar-refractivity contribution >= 4 is 11.9 Å². The van der Waals surface area contributed by atoms with Gasteiger partial charge in [-0.1, -0.05) is 4.98 Å². The summed E-state index contributed by atoms with van der Waals surface area (Å²) in [5.74, 6) is 0.338. The fourth-order valence-corrected chi connectivity index (χ4v) is 0.560. The molecule has 0 spiro atoms. The van der Waals surface area contributed by atoms with Gasteiger partial charge in [0.05, 0.1) is 6.20 Å². The van der Waals surface area contributed by atoms with Gasteiger partial charge in [0, 0.05) is 13.0 Å². The van der Waals surface area contributed by atoms with Crippen LogP contribution >= 0.6 is 0 Å². The van der Waals surface area contributed by atoms with E-state index in [1.54, 1.807) is 18.5 Å². The SMILES string of the molecule is CC(=O)Nc1nccc[nH+]1. The van der Waals surface area contributed by atoms with E-state index in [0.717, 1.165) is 0 Å². The molecule has 0 atom stereocenters. The number of rotatable bonds is 1. The number of aromatic nitrogens is 2. The predicted molar refractivity (Wildman–Crippen MR) is 35.1 cm³/mol. The Balaban J connectivity index is 2.67. The second-order valence-electron chi connectivity index (χ2n) is 1.81. The lowest BCUT2D eigenvalue weighted by Crippen LogP contribution is -2.17. The molecule has 0 aromatic carbocycles. The molecule has 0 saturated heterocycles. The van der Waals surface area contributed by atoms with Crippen LogP contribution in [-0.2, 0) is 4.79 Å². The van der Waals surface area contributed by atoms with E-state index in [1.165, 1.54) is 6.92 Å². The summed E-state index contributed by atoms with van der Waals surface area (Å²) in [7, 11) is 0. The van der Waals surface area contributed by atoms with Crippen molar-refractivity contribution in [3.63, 3.8) is 0 Å². The Morgan fingerprint density at radius 1 is 1.80 bits per heavy atom. The number of carbonyl (C=O) groups excluding carboxylic acids is 1. The first kappa shape index (κ1) is 6.67. The van der Waals surface area contributed by atoms with Gasteiger partial charge in [-0.2, -0.15) is 0 Å². The minimum atomic E-state index is -0.130. The van der Waals surface area contributed by atoms with E-state index in [2.05, 4.69) is 15.3 Å². The third-order valence-corrected chi connectivity index (χ3v) is 0.900. The quantitative estimate of drug-likeness (QED) is 0.587. The van der Waals surface area contributed by atoms with E-state index in [0.29, 0.717) is 5.95 Å². The zero-order chi connectivity index (χ0) is 7.40.